The Hall–Kier alpha value is -2.66. The van der Waals surface area contributed by atoms with Gasteiger partial charge in [-0.3, -0.25) is 0 Å². The smallest absolute Gasteiger partial charge is 0.340 e. The highest BCUT2D eigenvalue weighted by Crippen LogP contribution is 2.24. The average molecular weight is 325 g/mol. The molecular weight excluding hydrogens is 302 g/mol. The van der Waals surface area contributed by atoms with Gasteiger partial charge in [-0.2, -0.15) is 0 Å². The zero-order chi connectivity index (χ0) is 17.7. The number of hydrogen-bond acceptors (Lipinski definition) is 4. The molecule has 0 aliphatic carbocycles. The second-order valence-electron chi connectivity index (χ2n) is 6.06. The highest BCUT2D eigenvalue weighted by Gasteiger charge is 2.25. The van der Waals surface area contributed by atoms with Crippen molar-refractivity contribution >= 4 is 23.2 Å². The number of aliphatic imine (C=N–C) groups is 1. The van der Waals surface area contributed by atoms with Crippen molar-refractivity contribution in [3.63, 3.8) is 0 Å². The lowest BCUT2D eigenvalue weighted by atomic mass is 10.0. The number of para-hydroxylation sites is 2. The van der Waals surface area contributed by atoms with E-state index >= 15 is 0 Å². The molecule has 0 saturated heterocycles. The maximum absolute atomic E-state index is 12.0. The van der Waals surface area contributed by atoms with Crippen molar-refractivity contribution in [1.82, 2.24) is 0 Å². The lowest BCUT2D eigenvalue weighted by molar-refractivity contribution is 0.0601. The van der Waals surface area contributed by atoms with E-state index in [-0.39, 0.29) is 0 Å². The van der Waals surface area contributed by atoms with Gasteiger partial charge in [0.25, 0.3) is 0 Å². The molecular formula is C19H23N3O2. The summed E-state index contributed by atoms with van der Waals surface area (Å²) in [5, 5.41) is 0. The number of likely N-dealkylation sites (N-methyl/N-ethyl adjacent to an activating group) is 1. The molecule has 0 spiro atoms. The average Bonchev–Trinajstić information content (AvgIpc) is 2.58. The summed E-state index contributed by atoms with van der Waals surface area (Å²) in [5.74, 6) is 0.218. The number of nitrogens with zero attached hydrogens (tertiary/aromatic N) is 2. The molecule has 2 aromatic rings. The van der Waals surface area contributed by atoms with Crippen LogP contribution in [0.15, 0.2) is 59.6 Å². The van der Waals surface area contributed by atoms with Crippen molar-refractivity contribution in [2.45, 2.75) is 19.4 Å². The molecule has 0 amide bonds. The Morgan fingerprint density at radius 2 is 1.67 bits per heavy atom. The molecule has 0 heterocycles. The first-order chi connectivity index (χ1) is 11.3. The first kappa shape index (κ1) is 17.7. The molecule has 0 aliphatic heterocycles. The van der Waals surface area contributed by atoms with Crippen molar-refractivity contribution < 1.29 is 9.53 Å². The highest BCUT2D eigenvalue weighted by atomic mass is 16.5. The molecule has 5 nitrogen and oxygen atoms in total. The van der Waals surface area contributed by atoms with Gasteiger partial charge in [-0.1, -0.05) is 30.3 Å². The molecule has 2 rings (SSSR count). The minimum Gasteiger partial charge on any atom is -0.465 e. The minimum atomic E-state index is -0.701. The van der Waals surface area contributed by atoms with Gasteiger partial charge in [-0.15, -0.1) is 0 Å². The third kappa shape index (κ3) is 4.00. The number of esters is 1. The quantitative estimate of drug-likeness (QED) is 0.531. The second kappa shape index (κ2) is 7.27. The Morgan fingerprint density at radius 3 is 2.25 bits per heavy atom. The molecule has 126 valence electrons. The molecule has 0 aromatic heterocycles. The summed E-state index contributed by atoms with van der Waals surface area (Å²) in [7, 11) is 3.26. The molecule has 2 aromatic carbocycles. The lowest BCUT2D eigenvalue weighted by Crippen LogP contribution is -2.50. The van der Waals surface area contributed by atoms with Crippen LogP contribution >= 0.6 is 0 Å². The fraction of sp³-hybridized carbons (Fsp3) is 0.263. The summed E-state index contributed by atoms with van der Waals surface area (Å²) in [6.45, 7) is 3.76. The summed E-state index contributed by atoms with van der Waals surface area (Å²) >= 11 is 0. The summed E-state index contributed by atoms with van der Waals surface area (Å²) in [6.07, 6.45) is 0. The maximum Gasteiger partial charge on any atom is 0.340 e. The number of ether oxygens (including phenoxy) is 1. The van der Waals surface area contributed by atoms with Gasteiger partial charge in [0.2, 0.25) is 0 Å². The van der Waals surface area contributed by atoms with Crippen molar-refractivity contribution in [2.24, 2.45) is 10.7 Å². The van der Waals surface area contributed by atoms with Gasteiger partial charge < -0.3 is 15.4 Å². The SMILES string of the molecule is COC(=O)c1ccccc1N=C(N(C)c1ccccc1)C(C)(C)N. The number of carbonyl (C=O) groups excluding carboxylic acids is 1. The molecule has 0 aliphatic rings. The van der Waals surface area contributed by atoms with Gasteiger partial charge in [0.15, 0.2) is 0 Å². The van der Waals surface area contributed by atoms with E-state index in [1.807, 2.05) is 62.2 Å². The second-order valence-corrected chi connectivity index (χ2v) is 6.06. The van der Waals surface area contributed by atoms with Crippen LogP contribution in [0.4, 0.5) is 11.4 Å². The maximum atomic E-state index is 12.0. The summed E-state index contributed by atoms with van der Waals surface area (Å²) in [5.41, 5.74) is 7.53. The van der Waals surface area contributed by atoms with Crippen LogP contribution in [0.2, 0.25) is 0 Å². The first-order valence-electron chi connectivity index (χ1n) is 7.68. The highest BCUT2D eigenvalue weighted by molar-refractivity contribution is 6.06. The molecule has 0 radical (unpaired) electrons. The molecule has 0 fully saturated rings. The van der Waals surface area contributed by atoms with Crippen LogP contribution in [-0.2, 0) is 4.74 Å². The van der Waals surface area contributed by atoms with Crippen LogP contribution in [0.5, 0.6) is 0 Å². The largest absolute Gasteiger partial charge is 0.465 e. The van der Waals surface area contributed by atoms with Crippen molar-refractivity contribution in [2.75, 3.05) is 19.1 Å². The Labute approximate surface area is 142 Å². The van der Waals surface area contributed by atoms with Crippen molar-refractivity contribution in [1.29, 1.82) is 0 Å². The minimum absolute atomic E-state index is 0.406. The normalized spacial score (nSPS) is 12.0. The molecule has 24 heavy (non-hydrogen) atoms. The Kier molecular flexibility index (Phi) is 5.36. The number of anilines is 1. The lowest BCUT2D eigenvalue weighted by Gasteiger charge is -2.30. The predicted octanol–water partition coefficient (Wildman–Crippen LogP) is 3.38. The van der Waals surface area contributed by atoms with Crippen molar-refractivity contribution in [3.05, 3.63) is 60.2 Å². The van der Waals surface area contributed by atoms with E-state index in [0.717, 1.165) is 5.69 Å². The van der Waals surface area contributed by atoms with E-state index in [2.05, 4.69) is 0 Å². The summed E-state index contributed by atoms with van der Waals surface area (Å²) in [4.78, 5) is 18.6. The summed E-state index contributed by atoms with van der Waals surface area (Å²) < 4.78 is 4.84. The van der Waals surface area contributed by atoms with E-state index in [9.17, 15) is 4.79 Å². The van der Waals surface area contributed by atoms with Crippen molar-refractivity contribution in [3.8, 4) is 0 Å². The van der Waals surface area contributed by atoms with Gasteiger partial charge in [0, 0.05) is 12.7 Å². The van der Waals surface area contributed by atoms with Gasteiger partial charge in [-0.05, 0) is 38.1 Å². The van der Waals surface area contributed by atoms with Crippen LogP contribution in [-0.4, -0.2) is 31.5 Å². The van der Waals surface area contributed by atoms with Gasteiger partial charge in [-0.25, -0.2) is 9.79 Å². The zero-order valence-electron chi connectivity index (χ0n) is 14.5. The van der Waals surface area contributed by atoms with Gasteiger partial charge in [0.05, 0.1) is 23.9 Å². The first-order valence-corrected chi connectivity index (χ1v) is 7.68. The molecule has 0 saturated carbocycles. The Balaban J connectivity index is 2.54. The van der Waals surface area contributed by atoms with E-state index in [0.29, 0.717) is 17.1 Å². The third-order valence-electron chi connectivity index (χ3n) is 3.57. The van der Waals surface area contributed by atoms with E-state index < -0.39 is 11.5 Å². The fourth-order valence-electron chi connectivity index (χ4n) is 2.39. The Bertz CT molecular complexity index is 734. The van der Waals surface area contributed by atoms with Crippen LogP contribution < -0.4 is 10.6 Å². The number of nitrogens with two attached hydrogens (primary N) is 1. The molecule has 0 unspecified atom stereocenters. The Morgan fingerprint density at radius 1 is 1.08 bits per heavy atom. The topological polar surface area (TPSA) is 67.9 Å². The fourth-order valence-corrected chi connectivity index (χ4v) is 2.39. The number of methoxy groups -OCH3 is 1. The van der Waals surface area contributed by atoms with Crippen LogP contribution in [0.1, 0.15) is 24.2 Å². The van der Waals surface area contributed by atoms with Crippen LogP contribution in [0, 0.1) is 0 Å². The summed E-state index contributed by atoms with van der Waals surface area (Å²) in [6, 6.07) is 16.9. The monoisotopic (exact) mass is 325 g/mol. The number of amidine groups is 1. The standard InChI is InChI=1S/C19H23N3O2/c1-19(2,20)18(22(3)14-10-6-5-7-11-14)21-16-13-9-8-12-15(16)17(23)24-4/h5-13H,20H2,1-4H3. The van der Waals surface area contributed by atoms with Gasteiger partial charge >= 0.3 is 5.97 Å². The molecule has 0 bridgehead atoms. The van der Waals surface area contributed by atoms with E-state index in [4.69, 9.17) is 15.5 Å². The van der Waals surface area contributed by atoms with Crippen LogP contribution in [0.3, 0.4) is 0 Å². The number of carbonyl (C=O) groups is 1. The molecule has 0 atom stereocenters. The van der Waals surface area contributed by atoms with Gasteiger partial charge in [0.1, 0.15) is 5.84 Å². The zero-order valence-corrected chi connectivity index (χ0v) is 14.5. The third-order valence-corrected chi connectivity index (χ3v) is 3.57. The molecule has 2 N–H and O–H groups in total. The predicted molar refractivity (Wildman–Crippen MR) is 98.0 cm³/mol. The molecule has 5 heteroatoms. The number of rotatable bonds is 4. The van der Waals surface area contributed by atoms with E-state index in [1.165, 1.54) is 7.11 Å². The van der Waals surface area contributed by atoms with E-state index in [1.54, 1.807) is 18.2 Å². The van der Waals surface area contributed by atoms with Crippen LogP contribution in [0.25, 0.3) is 0 Å². The number of benzene rings is 2. The number of hydrogen-bond donors (Lipinski definition) is 1.